The van der Waals surface area contributed by atoms with Crippen LogP contribution in [0.15, 0.2) is 206 Å². The summed E-state index contributed by atoms with van der Waals surface area (Å²) in [5, 5.41) is 10.2. The first-order valence-electron chi connectivity index (χ1n) is 21.3. The lowest BCUT2D eigenvalue weighted by Gasteiger charge is -2.22. The molecule has 0 radical (unpaired) electrons. The normalized spacial score (nSPS) is 13.2. The van der Waals surface area contributed by atoms with Crippen molar-refractivity contribution in [3.05, 3.63) is 217 Å². The molecule has 1 aliphatic carbocycles. The zero-order valence-corrected chi connectivity index (χ0v) is 34.0. The Hall–Kier alpha value is -7.68. The lowest BCUT2D eigenvalue weighted by molar-refractivity contribution is 0.661. The predicted octanol–water partition coefficient (Wildman–Crippen LogP) is 15.8. The average molecular weight is 777 g/mol. The molecule has 0 N–H and O–H groups in total. The first kappa shape index (κ1) is 34.2. The van der Waals surface area contributed by atoms with Crippen LogP contribution in [-0.4, -0.2) is 9.13 Å². The molecule has 2 heterocycles. The van der Waals surface area contributed by atoms with Crippen LogP contribution in [0.2, 0.25) is 0 Å². The number of nitrogens with zero attached hydrogens (tertiary/aromatic N) is 2. The van der Waals surface area contributed by atoms with Gasteiger partial charge in [0.1, 0.15) is 0 Å². The topological polar surface area (TPSA) is 9.86 Å². The summed E-state index contributed by atoms with van der Waals surface area (Å²) in [6.07, 6.45) is 0. The molecule has 2 heteroatoms. The van der Waals surface area contributed by atoms with Crippen molar-refractivity contribution in [3.63, 3.8) is 0 Å². The molecule has 0 amide bonds. The third kappa shape index (κ3) is 4.91. The number of rotatable bonds is 4. The number of fused-ring (bicyclic) bond motifs is 12. The molecule has 0 spiro atoms. The molecule has 0 atom stereocenters. The van der Waals surface area contributed by atoms with Crippen LogP contribution in [0.25, 0.3) is 110 Å². The average Bonchev–Trinajstić information content (AvgIpc) is 3.89. The van der Waals surface area contributed by atoms with Gasteiger partial charge >= 0.3 is 0 Å². The molecule has 0 saturated heterocycles. The predicted molar refractivity (Wildman–Crippen MR) is 259 cm³/mol. The molecule has 0 bridgehead atoms. The van der Waals surface area contributed by atoms with E-state index in [9.17, 15) is 0 Å². The third-order valence-corrected chi connectivity index (χ3v) is 13.7. The second-order valence-electron chi connectivity index (χ2n) is 17.3. The number of benzene rings is 10. The summed E-state index contributed by atoms with van der Waals surface area (Å²) in [6, 6.07) is 76.6. The molecule has 10 aromatic carbocycles. The van der Waals surface area contributed by atoms with Crippen LogP contribution in [-0.2, 0) is 5.41 Å². The molecule has 1 aliphatic rings. The zero-order chi connectivity index (χ0) is 40.4. The fourth-order valence-electron chi connectivity index (χ4n) is 10.7. The van der Waals surface area contributed by atoms with E-state index in [1.165, 1.54) is 110 Å². The Morgan fingerprint density at radius 1 is 0.311 bits per heavy atom. The summed E-state index contributed by atoms with van der Waals surface area (Å²) < 4.78 is 4.94. The summed E-state index contributed by atoms with van der Waals surface area (Å²) in [5.41, 5.74) is 17.4. The van der Waals surface area contributed by atoms with Crippen LogP contribution in [0.1, 0.15) is 25.0 Å². The van der Waals surface area contributed by atoms with E-state index in [0.29, 0.717) is 0 Å². The van der Waals surface area contributed by atoms with Crippen molar-refractivity contribution in [1.29, 1.82) is 0 Å². The largest absolute Gasteiger partial charge is 0.309 e. The Morgan fingerprint density at radius 2 is 0.902 bits per heavy atom. The van der Waals surface area contributed by atoms with Gasteiger partial charge in [-0.1, -0.05) is 153 Å². The summed E-state index contributed by atoms with van der Waals surface area (Å²) in [7, 11) is 0. The van der Waals surface area contributed by atoms with Gasteiger partial charge in [0.25, 0.3) is 0 Å². The lowest BCUT2D eigenvalue weighted by Crippen LogP contribution is -2.15. The van der Waals surface area contributed by atoms with Gasteiger partial charge in [-0.25, -0.2) is 0 Å². The maximum atomic E-state index is 2.48. The molecule has 12 aromatic rings. The quantitative estimate of drug-likeness (QED) is 0.168. The Kier molecular flexibility index (Phi) is 7.10. The van der Waals surface area contributed by atoms with Crippen LogP contribution >= 0.6 is 0 Å². The summed E-state index contributed by atoms with van der Waals surface area (Å²) in [5.74, 6) is 0. The lowest BCUT2D eigenvalue weighted by atomic mass is 9.81. The fourth-order valence-corrected chi connectivity index (χ4v) is 10.7. The highest BCUT2D eigenvalue weighted by Gasteiger charge is 2.36. The van der Waals surface area contributed by atoms with Crippen LogP contribution in [0.3, 0.4) is 0 Å². The van der Waals surface area contributed by atoms with Gasteiger partial charge in [-0.2, -0.15) is 0 Å². The van der Waals surface area contributed by atoms with E-state index in [2.05, 4.69) is 229 Å². The SMILES string of the molecule is CC1(C)c2cc(-c3ccc(-n4c5ccccc5c5cc6c7c8ccccc8c(-c8ccccc8)cc7n(-c7ccccc7)c6cc54)cc3)ccc2-c2cc3ccccc3cc21. The van der Waals surface area contributed by atoms with E-state index in [1.54, 1.807) is 0 Å². The van der Waals surface area contributed by atoms with Crippen molar-refractivity contribution in [2.75, 3.05) is 0 Å². The Bertz CT molecular complexity index is 3750. The first-order chi connectivity index (χ1) is 30.0. The number of hydrogen-bond donors (Lipinski definition) is 0. The highest BCUT2D eigenvalue weighted by atomic mass is 15.0. The molecule has 2 aromatic heterocycles. The van der Waals surface area contributed by atoms with Crippen molar-refractivity contribution >= 4 is 65.2 Å². The van der Waals surface area contributed by atoms with Crippen LogP contribution in [0, 0.1) is 0 Å². The summed E-state index contributed by atoms with van der Waals surface area (Å²) in [4.78, 5) is 0. The van der Waals surface area contributed by atoms with Gasteiger partial charge in [-0.05, 0) is 133 Å². The standard InChI is InChI=1S/C59H40N2/c1-59(2)52-33-41(27-30-45(52)49-31-39-17-9-10-18-40(39)32-53(49)59)37-25-28-43(29-26-37)60-54-24-14-13-22-46(54)50-34-51-56(36-55(50)60)61(42-19-7-4-8-20-42)57-35-48(38-15-5-3-6-16-38)44-21-11-12-23-47(44)58(51)57/h3-36H,1-2H3. The minimum atomic E-state index is -0.0867. The Balaban J connectivity index is 1.01. The molecule has 0 aliphatic heterocycles. The van der Waals surface area contributed by atoms with Crippen molar-refractivity contribution in [1.82, 2.24) is 9.13 Å². The van der Waals surface area contributed by atoms with Crippen LogP contribution in [0.4, 0.5) is 0 Å². The number of hydrogen-bond acceptors (Lipinski definition) is 0. The van der Waals surface area contributed by atoms with E-state index < -0.39 is 0 Å². The third-order valence-electron chi connectivity index (χ3n) is 13.7. The van der Waals surface area contributed by atoms with E-state index in [1.807, 2.05) is 0 Å². The van der Waals surface area contributed by atoms with E-state index in [4.69, 9.17) is 0 Å². The molecular weight excluding hydrogens is 737 g/mol. The second kappa shape index (κ2) is 12.7. The minimum absolute atomic E-state index is 0.0867. The molecule has 0 fully saturated rings. The Morgan fingerprint density at radius 3 is 1.69 bits per heavy atom. The van der Waals surface area contributed by atoms with Gasteiger partial charge < -0.3 is 9.13 Å². The minimum Gasteiger partial charge on any atom is -0.309 e. The Labute approximate surface area is 354 Å². The zero-order valence-electron chi connectivity index (χ0n) is 34.0. The van der Waals surface area contributed by atoms with Crippen molar-refractivity contribution in [2.24, 2.45) is 0 Å². The highest BCUT2D eigenvalue weighted by molar-refractivity contribution is 6.27. The van der Waals surface area contributed by atoms with Crippen molar-refractivity contribution in [2.45, 2.75) is 19.3 Å². The fraction of sp³-hybridized carbons (Fsp3) is 0.0508. The van der Waals surface area contributed by atoms with Gasteiger partial charge in [0.2, 0.25) is 0 Å². The number of para-hydroxylation sites is 2. The second-order valence-corrected chi connectivity index (χ2v) is 17.3. The van der Waals surface area contributed by atoms with Crippen LogP contribution < -0.4 is 0 Å². The van der Waals surface area contributed by atoms with Crippen LogP contribution in [0.5, 0.6) is 0 Å². The molecule has 0 unspecified atom stereocenters. The summed E-state index contributed by atoms with van der Waals surface area (Å²) in [6.45, 7) is 4.75. The van der Waals surface area contributed by atoms with E-state index in [-0.39, 0.29) is 5.41 Å². The molecular formula is C59H40N2. The number of aromatic nitrogens is 2. The van der Waals surface area contributed by atoms with Gasteiger partial charge in [-0.15, -0.1) is 0 Å². The van der Waals surface area contributed by atoms with E-state index >= 15 is 0 Å². The van der Waals surface area contributed by atoms with Crippen molar-refractivity contribution in [3.8, 4) is 44.8 Å². The molecule has 61 heavy (non-hydrogen) atoms. The highest BCUT2D eigenvalue weighted by Crippen LogP contribution is 2.51. The smallest absolute Gasteiger partial charge is 0.0562 e. The van der Waals surface area contributed by atoms with Crippen molar-refractivity contribution < 1.29 is 0 Å². The molecule has 13 rings (SSSR count). The first-order valence-corrected chi connectivity index (χ1v) is 21.3. The van der Waals surface area contributed by atoms with E-state index in [0.717, 1.165) is 11.4 Å². The van der Waals surface area contributed by atoms with Gasteiger partial charge in [0, 0.05) is 38.3 Å². The van der Waals surface area contributed by atoms with Gasteiger partial charge in [0.15, 0.2) is 0 Å². The molecule has 0 saturated carbocycles. The molecule has 2 nitrogen and oxygen atoms in total. The maximum absolute atomic E-state index is 2.48. The summed E-state index contributed by atoms with van der Waals surface area (Å²) >= 11 is 0. The van der Waals surface area contributed by atoms with Gasteiger partial charge in [0.05, 0.1) is 22.1 Å². The monoisotopic (exact) mass is 776 g/mol. The maximum Gasteiger partial charge on any atom is 0.0562 e. The van der Waals surface area contributed by atoms with Gasteiger partial charge in [-0.3, -0.25) is 0 Å². The molecule has 286 valence electrons.